The van der Waals surface area contributed by atoms with Gasteiger partial charge in [-0.25, -0.2) is 0 Å². The van der Waals surface area contributed by atoms with E-state index in [2.05, 4.69) is 56.5 Å². The molecule has 156 valence electrons. The Morgan fingerprint density at radius 2 is 1.93 bits per heavy atom. The van der Waals surface area contributed by atoms with E-state index in [1.54, 1.807) is 7.11 Å². The Kier molecular flexibility index (Phi) is 10.1. The Labute approximate surface area is 186 Å². The lowest BCUT2D eigenvalue weighted by Crippen LogP contribution is -2.39. The fourth-order valence-corrected chi connectivity index (χ4v) is 3.58. The van der Waals surface area contributed by atoms with Crippen LogP contribution < -0.4 is 10.2 Å². The van der Waals surface area contributed by atoms with Gasteiger partial charge in [0.15, 0.2) is 5.96 Å². The molecule has 28 heavy (non-hydrogen) atoms. The highest BCUT2D eigenvalue weighted by Gasteiger charge is 2.24. The van der Waals surface area contributed by atoms with Crippen molar-refractivity contribution in [3.63, 3.8) is 0 Å². The summed E-state index contributed by atoms with van der Waals surface area (Å²) >= 11 is 0. The summed E-state index contributed by atoms with van der Waals surface area (Å²) < 4.78 is 10.7. The first-order valence-electron chi connectivity index (χ1n) is 9.81. The zero-order valence-electron chi connectivity index (χ0n) is 17.0. The minimum absolute atomic E-state index is 0. The molecule has 2 aliphatic heterocycles. The number of benzene rings is 1. The Morgan fingerprint density at radius 1 is 1.18 bits per heavy atom. The Bertz CT molecular complexity index is 628. The van der Waals surface area contributed by atoms with Crippen molar-refractivity contribution in [3.05, 3.63) is 42.0 Å². The van der Waals surface area contributed by atoms with Crippen LogP contribution in [0.2, 0.25) is 0 Å². The molecule has 0 radical (unpaired) electrons. The quantitative estimate of drug-likeness (QED) is 0.196. The second-order valence-corrected chi connectivity index (χ2v) is 7.11. The third-order valence-electron chi connectivity index (χ3n) is 5.15. The fourth-order valence-electron chi connectivity index (χ4n) is 3.58. The molecule has 1 fully saturated rings. The van der Waals surface area contributed by atoms with Gasteiger partial charge in [-0.2, -0.15) is 0 Å². The summed E-state index contributed by atoms with van der Waals surface area (Å²) in [5.74, 6) is 1.54. The van der Waals surface area contributed by atoms with Gasteiger partial charge in [-0.05, 0) is 24.1 Å². The molecule has 1 aromatic rings. The first kappa shape index (κ1) is 23.0. The molecule has 3 rings (SSSR count). The highest BCUT2D eigenvalue weighted by atomic mass is 127. The van der Waals surface area contributed by atoms with E-state index < -0.39 is 0 Å². The lowest BCUT2D eigenvalue weighted by molar-refractivity contribution is 0.0536. The zero-order chi connectivity index (χ0) is 18.9. The molecule has 0 amide bonds. The number of guanidine groups is 1. The van der Waals surface area contributed by atoms with Crippen LogP contribution in [0.15, 0.2) is 41.4 Å². The number of nitrogens with one attached hydrogen (secondary N) is 1. The first-order chi connectivity index (χ1) is 13.3. The summed E-state index contributed by atoms with van der Waals surface area (Å²) in [5, 5.41) is 3.50. The van der Waals surface area contributed by atoms with Crippen molar-refractivity contribution in [3.8, 4) is 0 Å². The van der Waals surface area contributed by atoms with Crippen LogP contribution in [-0.4, -0.2) is 71.0 Å². The number of hydrogen-bond acceptors (Lipinski definition) is 4. The summed E-state index contributed by atoms with van der Waals surface area (Å²) in [5.41, 5.74) is 2.55. The van der Waals surface area contributed by atoms with E-state index in [4.69, 9.17) is 9.47 Å². The number of anilines is 1. The number of aliphatic imine (C=N–C) groups is 1. The van der Waals surface area contributed by atoms with Crippen LogP contribution in [0.1, 0.15) is 12.0 Å². The Morgan fingerprint density at radius 3 is 2.61 bits per heavy atom. The van der Waals surface area contributed by atoms with Gasteiger partial charge in [0.05, 0.1) is 19.8 Å². The van der Waals surface area contributed by atoms with Crippen molar-refractivity contribution < 1.29 is 9.47 Å². The van der Waals surface area contributed by atoms with Gasteiger partial charge in [0.1, 0.15) is 0 Å². The van der Waals surface area contributed by atoms with Gasteiger partial charge in [0.2, 0.25) is 0 Å². The van der Waals surface area contributed by atoms with Crippen molar-refractivity contribution in [2.75, 3.05) is 65.1 Å². The van der Waals surface area contributed by atoms with E-state index in [0.717, 1.165) is 51.7 Å². The monoisotopic (exact) mass is 500 g/mol. The average Bonchev–Trinajstić information content (AvgIpc) is 3.39. The molecule has 1 saturated heterocycles. The third kappa shape index (κ3) is 6.63. The van der Waals surface area contributed by atoms with Gasteiger partial charge >= 0.3 is 0 Å². The van der Waals surface area contributed by atoms with Crippen LogP contribution in [0, 0.1) is 5.92 Å². The summed E-state index contributed by atoms with van der Waals surface area (Å²) in [6.07, 6.45) is 5.57. The number of hydrogen-bond donors (Lipinski definition) is 1. The molecule has 6 nitrogen and oxygen atoms in total. The maximum atomic E-state index is 5.68. The van der Waals surface area contributed by atoms with E-state index in [-0.39, 0.29) is 24.0 Å². The number of likely N-dealkylation sites (tertiary alicyclic amines) is 1. The molecule has 1 atom stereocenters. The van der Waals surface area contributed by atoms with Gasteiger partial charge in [-0.15, -0.1) is 24.0 Å². The van der Waals surface area contributed by atoms with E-state index in [9.17, 15) is 0 Å². The molecule has 2 heterocycles. The van der Waals surface area contributed by atoms with Crippen LogP contribution in [0.25, 0.3) is 0 Å². The molecule has 0 saturated carbocycles. The first-order valence-corrected chi connectivity index (χ1v) is 9.81. The van der Waals surface area contributed by atoms with E-state index in [1.165, 1.54) is 11.3 Å². The normalized spacial score (nSPS) is 19.2. The van der Waals surface area contributed by atoms with Gasteiger partial charge in [0, 0.05) is 58.5 Å². The van der Waals surface area contributed by atoms with Crippen LogP contribution in [0.5, 0.6) is 0 Å². The topological polar surface area (TPSA) is 49.3 Å². The van der Waals surface area contributed by atoms with Crippen molar-refractivity contribution in [1.82, 2.24) is 10.2 Å². The summed E-state index contributed by atoms with van der Waals surface area (Å²) in [4.78, 5) is 9.15. The lowest BCUT2D eigenvalue weighted by Gasteiger charge is -2.22. The highest BCUT2D eigenvalue weighted by molar-refractivity contribution is 14.0. The Balaban J connectivity index is 0.00000280. The molecule has 0 spiro atoms. The van der Waals surface area contributed by atoms with Crippen molar-refractivity contribution >= 4 is 35.6 Å². The zero-order valence-corrected chi connectivity index (χ0v) is 19.3. The number of rotatable bonds is 8. The van der Waals surface area contributed by atoms with Gasteiger partial charge in [0.25, 0.3) is 0 Å². The second-order valence-electron chi connectivity index (χ2n) is 7.11. The van der Waals surface area contributed by atoms with Crippen LogP contribution >= 0.6 is 24.0 Å². The predicted octanol–water partition coefficient (Wildman–Crippen LogP) is 2.74. The minimum atomic E-state index is 0. The molecule has 1 aromatic carbocycles. The fraction of sp³-hybridized carbons (Fsp3) is 0.571. The molecule has 0 aromatic heterocycles. The maximum absolute atomic E-state index is 5.68. The second kappa shape index (κ2) is 12.3. The number of methoxy groups -OCH3 is 1. The standard InChI is InChI=1S/C21H32N4O2.HI/c1-22-21(25-12-9-19(16-25)17-27-14-13-26-2)23-15-18-5-7-20(8-6-18)24-10-3-4-11-24;/h3-8,19H,9-17H2,1-2H3,(H,22,23);1H. The summed E-state index contributed by atoms with van der Waals surface area (Å²) in [6, 6.07) is 8.81. The highest BCUT2D eigenvalue weighted by Crippen LogP contribution is 2.19. The number of ether oxygens (including phenoxy) is 2. The van der Waals surface area contributed by atoms with Crippen molar-refractivity contribution in [2.45, 2.75) is 13.0 Å². The lowest BCUT2D eigenvalue weighted by atomic mass is 10.1. The van der Waals surface area contributed by atoms with Gasteiger partial charge < -0.3 is 24.6 Å². The molecular weight excluding hydrogens is 467 g/mol. The van der Waals surface area contributed by atoms with Crippen molar-refractivity contribution in [1.29, 1.82) is 0 Å². The van der Waals surface area contributed by atoms with Gasteiger partial charge in [-0.3, -0.25) is 4.99 Å². The molecule has 0 bridgehead atoms. The van der Waals surface area contributed by atoms with Crippen LogP contribution in [0.3, 0.4) is 0 Å². The summed E-state index contributed by atoms with van der Waals surface area (Å²) in [6.45, 7) is 6.95. The Hall–Kier alpha value is -1.32. The average molecular weight is 500 g/mol. The van der Waals surface area contributed by atoms with E-state index in [0.29, 0.717) is 19.1 Å². The van der Waals surface area contributed by atoms with Gasteiger partial charge in [-0.1, -0.05) is 24.3 Å². The number of nitrogens with zero attached hydrogens (tertiary/aromatic N) is 3. The van der Waals surface area contributed by atoms with Crippen molar-refractivity contribution in [2.24, 2.45) is 10.9 Å². The molecule has 1 unspecified atom stereocenters. The maximum Gasteiger partial charge on any atom is 0.193 e. The van der Waals surface area contributed by atoms with Crippen LogP contribution in [-0.2, 0) is 16.0 Å². The molecule has 7 heteroatoms. The van der Waals surface area contributed by atoms with E-state index >= 15 is 0 Å². The summed E-state index contributed by atoms with van der Waals surface area (Å²) in [7, 11) is 3.56. The molecular formula is C21H33IN4O2. The smallest absolute Gasteiger partial charge is 0.193 e. The molecule has 1 N–H and O–H groups in total. The number of halogens is 1. The van der Waals surface area contributed by atoms with E-state index in [1.807, 2.05) is 7.05 Å². The van der Waals surface area contributed by atoms with Crippen LogP contribution in [0.4, 0.5) is 5.69 Å². The third-order valence-corrected chi connectivity index (χ3v) is 5.15. The molecule has 2 aliphatic rings. The predicted molar refractivity (Wildman–Crippen MR) is 126 cm³/mol. The molecule has 0 aliphatic carbocycles. The SMILES string of the molecule is CN=C(NCc1ccc(N2CC=CC2)cc1)N1CCC(COCCOC)C1.I. The minimum Gasteiger partial charge on any atom is -0.382 e. The largest absolute Gasteiger partial charge is 0.382 e.